The molecular weight excluding hydrogens is 191 g/mol. The number of nitrogens with two attached hydrogens (primary N) is 1. The van der Waals surface area contributed by atoms with Crippen LogP contribution < -0.4 is 11.1 Å². The van der Waals surface area contributed by atoms with Crippen molar-refractivity contribution in [1.29, 1.82) is 0 Å². The van der Waals surface area contributed by atoms with Gasteiger partial charge in [-0.2, -0.15) is 0 Å². The van der Waals surface area contributed by atoms with Gasteiger partial charge in [0.2, 0.25) is 0 Å². The van der Waals surface area contributed by atoms with Gasteiger partial charge in [0.25, 0.3) is 0 Å². The summed E-state index contributed by atoms with van der Waals surface area (Å²) in [7, 11) is 0. The SMILES string of the molecule is CCC1(Nc2ccc(N)cc2F)CCC1. The van der Waals surface area contributed by atoms with Crippen molar-refractivity contribution in [3.8, 4) is 0 Å². The minimum Gasteiger partial charge on any atom is -0.399 e. The summed E-state index contributed by atoms with van der Waals surface area (Å²) in [5.74, 6) is -0.255. The molecule has 0 amide bonds. The summed E-state index contributed by atoms with van der Waals surface area (Å²) in [5.41, 5.74) is 6.67. The van der Waals surface area contributed by atoms with Crippen molar-refractivity contribution < 1.29 is 4.39 Å². The van der Waals surface area contributed by atoms with E-state index in [-0.39, 0.29) is 11.4 Å². The molecule has 2 nitrogen and oxygen atoms in total. The van der Waals surface area contributed by atoms with E-state index in [1.165, 1.54) is 12.5 Å². The molecule has 1 aliphatic carbocycles. The third-order valence-electron chi connectivity index (χ3n) is 3.38. The fourth-order valence-electron chi connectivity index (χ4n) is 2.09. The summed E-state index contributed by atoms with van der Waals surface area (Å²) in [4.78, 5) is 0. The van der Waals surface area contributed by atoms with E-state index in [1.54, 1.807) is 12.1 Å². The zero-order valence-corrected chi connectivity index (χ0v) is 9.02. The van der Waals surface area contributed by atoms with Crippen molar-refractivity contribution in [3.63, 3.8) is 0 Å². The van der Waals surface area contributed by atoms with Crippen LogP contribution in [0.4, 0.5) is 15.8 Å². The summed E-state index contributed by atoms with van der Waals surface area (Å²) in [6.45, 7) is 2.14. The molecule has 1 fully saturated rings. The number of anilines is 2. The second-order valence-corrected chi connectivity index (χ2v) is 4.35. The molecule has 0 aliphatic heterocycles. The lowest BCUT2D eigenvalue weighted by Crippen LogP contribution is -2.44. The number of rotatable bonds is 3. The Kier molecular flexibility index (Phi) is 2.55. The van der Waals surface area contributed by atoms with E-state index in [0.717, 1.165) is 19.3 Å². The van der Waals surface area contributed by atoms with Gasteiger partial charge in [-0.25, -0.2) is 4.39 Å². The molecule has 0 saturated heterocycles. The first-order valence-electron chi connectivity index (χ1n) is 5.48. The molecule has 0 radical (unpaired) electrons. The molecule has 1 aromatic rings. The lowest BCUT2D eigenvalue weighted by Gasteiger charge is -2.43. The monoisotopic (exact) mass is 208 g/mol. The smallest absolute Gasteiger partial charge is 0.148 e. The quantitative estimate of drug-likeness (QED) is 0.749. The predicted molar refractivity (Wildman–Crippen MR) is 61.3 cm³/mol. The Hall–Kier alpha value is -1.25. The molecule has 1 saturated carbocycles. The first-order valence-corrected chi connectivity index (χ1v) is 5.48. The molecule has 1 aromatic carbocycles. The third kappa shape index (κ3) is 1.91. The molecule has 82 valence electrons. The number of nitrogen functional groups attached to an aromatic ring is 1. The second-order valence-electron chi connectivity index (χ2n) is 4.35. The van der Waals surface area contributed by atoms with Crippen molar-refractivity contribution >= 4 is 11.4 Å². The fourth-order valence-corrected chi connectivity index (χ4v) is 2.09. The Labute approximate surface area is 89.7 Å². The molecular formula is C12H17FN2. The van der Waals surface area contributed by atoms with E-state index in [0.29, 0.717) is 11.4 Å². The van der Waals surface area contributed by atoms with Gasteiger partial charge < -0.3 is 11.1 Å². The minimum absolute atomic E-state index is 0.122. The molecule has 0 atom stereocenters. The van der Waals surface area contributed by atoms with Crippen molar-refractivity contribution in [2.75, 3.05) is 11.1 Å². The maximum atomic E-state index is 13.5. The van der Waals surface area contributed by atoms with Crippen LogP contribution in [0.25, 0.3) is 0 Å². The van der Waals surface area contributed by atoms with E-state index in [9.17, 15) is 4.39 Å². The highest BCUT2D eigenvalue weighted by Gasteiger charge is 2.35. The number of benzene rings is 1. The van der Waals surface area contributed by atoms with Crippen molar-refractivity contribution in [1.82, 2.24) is 0 Å². The van der Waals surface area contributed by atoms with Crippen LogP contribution in [0.2, 0.25) is 0 Å². The van der Waals surface area contributed by atoms with Gasteiger partial charge in [0.05, 0.1) is 5.69 Å². The highest BCUT2D eigenvalue weighted by molar-refractivity contribution is 5.54. The highest BCUT2D eigenvalue weighted by atomic mass is 19.1. The van der Waals surface area contributed by atoms with Gasteiger partial charge in [0.15, 0.2) is 0 Å². The van der Waals surface area contributed by atoms with Crippen molar-refractivity contribution in [2.45, 2.75) is 38.1 Å². The van der Waals surface area contributed by atoms with E-state index in [2.05, 4.69) is 12.2 Å². The van der Waals surface area contributed by atoms with Crippen LogP contribution in [-0.4, -0.2) is 5.54 Å². The Morgan fingerprint density at radius 3 is 2.67 bits per heavy atom. The Balaban J connectivity index is 2.16. The normalized spacial score (nSPS) is 18.3. The first kappa shape index (κ1) is 10.3. The minimum atomic E-state index is -0.255. The van der Waals surface area contributed by atoms with Crippen LogP contribution in [0.1, 0.15) is 32.6 Å². The lowest BCUT2D eigenvalue weighted by molar-refractivity contribution is 0.268. The topological polar surface area (TPSA) is 38.0 Å². The molecule has 15 heavy (non-hydrogen) atoms. The summed E-state index contributed by atoms with van der Waals surface area (Å²) >= 11 is 0. The first-order chi connectivity index (χ1) is 7.15. The van der Waals surface area contributed by atoms with E-state index in [4.69, 9.17) is 5.73 Å². The summed E-state index contributed by atoms with van der Waals surface area (Å²) in [5, 5.41) is 3.31. The summed E-state index contributed by atoms with van der Waals surface area (Å²) < 4.78 is 13.5. The highest BCUT2D eigenvalue weighted by Crippen LogP contribution is 2.38. The molecule has 3 heteroatoms. The average molecular weight is 208 g/mol. The molecule has 0 unspecified atom stereocenters. The van der Waals surface area contributed by atoms with Crippen molar-refractivity contribution in [3.05, 3.63) is 24.0 Å². The van der Waals surface area contributed by atoms with Crippen LogP contribution in [0.15, 0.2) is 18.2 Å². The molecule has 3 N–H and O–H groups in total. The third-order valence-corrected chi connectivity index (χ3v) is 3.38. The lowest BCUT2D eigenvalue weighted by atomic mass is 9.74. The van der Waals surface area contributed by atoms with Crippen LogP contribution in [0, 0.1) is 5.82 Å². The van der Waals surface area contributed by atoms with Gasteiger partial charge in [0, 0.05) is 11.2 Å². The standard InChI is InChI=1S/C12H17FN2/c1-2-12(6-3-7-12)15-11-5-4-9(14)8-10(11)13/h4-5,8,15H,2-3,6-7,14H2,1H3. The van der Waals surface area contributed by atoms with Gasteiger partial charge >= 0.3 is 0 Å². The van der Waals surface area contributed by atoms with E-state index in [1.807, 2.05) is 0 Å². The zero-order valence-electron chi connectivity index (χ0n) is 9.02. The maximum Gasteiger partial charge on any atom is 0.148 e. The molecule has 0 heterocycles. The molecule has 1 aliphatic rings. The maximum absolute atomic E-state index is 13.5. The van der Waals surface area contributed by atoms with Crippen LogP contribution in [0.5, 0.6) is 0 Å². The number of hydrogen-bond acceptors (Lipinski definition) is 2. The van der Waals surface area contributed by atoms with Gasteiger partial charge in [-0.15, -0.1) is 0 Å². The largest absolute Gasteiger partial charge is 0.399 e. The van der Waals surface area contributed by atoms with Gasteiger partial charge in [-0.1, -0.05) is 6.92 Å². The van der Waals surface area contributed by atoms with Crippen LogP contribution in [-0.2, 0) is 0 Å². The summed E-state index contributed by atoms with van der Waals surface area (Å²) in [6.07, 6.45) is 4.54. The molecule has 0 aromatic heterocycles. The fraction of sp³-hybridized carbons (Fsp3) is 0.500. The Bertz CT molecular complexity index is 353. The molecule has 0 spiro atoms. The second kappa shape index (κ2) is 3.72. The van der Waals surface area contributed by atoms with E-state index >= 15 is 0 Å². The predicted octanol–water partition coefficient (Wildman–Crippen LogP) is 3.15. The average Bonchev–Trinajstić information content (AvgIpc) is 2.14. The van der Waals surface area contributed by atoms with Gasteiger partial charge in [-0.3, -0.25) is 0 Å². The van der Waals surface area contributed by atoms with Crippen LogP contribution >= 0.6 is 0 Å². The molecule has 0 bridgehead atoms. The van der Waals surface area contributed by atoms with Gasteiger partial charge in [0.1, 0.15) is 5.82 Å². The summed E-state index contributed by atoms with van der Waals surface area (Å²) in [6, 6.07) is 4.82. The Morgan fingerprint density at radius 1 is 1.47 bits per heavy atom. The van der Waals surface area contributed by atoms with Crippen LogP contribution in [0.3, 0.4) is 0 Å². The zero-order chi connectivity index (χ0) is 10.9. The van der Waals surface area contributed by atoms with Crippen molar-refractivity contribution in [2.24, 2.45) is 0 Å². The number of halogens is 1. The van der Waals surface area contributed by atoms with E-state index < -0.39 is 0 Å². The Morgan fingerprint density at radius 2 is 2.20 bits per heavy atom. The molecule has 2 rings (SSSR count). The number of hydrogen-bond donors (Lipinski definition) is 2. The number of nitrogens with one attached hydrogen (secondary N) is 1. The van der Waals surface area contributed by atoms with Gasteiger partial charge in [-0.05, 0) is 43.9 Å².